The summed E-state index contributed by atoms with van der Waals surface area (Å²) >= 11 is 0. The highest BCUT2D eigenvalue weighted by Crippen LogP contribution is 2.41. The minimum atomic E-state index is -0.563. The third-order valence-corrected chi connectivity index (χ3v) is 9.72. The maximum absolute atomic E-state index is 14.0. The molecule has 4 amide bonds. The van der Waals surface area contributed by atoms with E-state index >= 15 is 0 Å². The van der Waals surface area contributed by atoms with Gasteiger partial charge < -0.3 is 10.2 Å². The second kappa shape index (κ2) is 10.8. The predicted octanol–water partition coefficient (Wildman–Crippen LogP) is 5.04. The van der Waals surface area contributed by atoms with Gasteiger partial charge in [-0.05, 0) is 113 Å². The van der Waals surface area contributed by atoms with E-state index in [0.717, 1.165) is 61.7 Å². The van der Waals surface area contributed by atoms with E-state index in [1.807, 2.05) is 0 Å². The number of anilines is 2. The molecule has 10 nitrogen and oxygen atoms in total. The monoisotopic (exact) mass is 616 g/mol. The molecule has 0 saturated carbocycles. The van der Waals surface area contributed by atoms with Crippen molar-refractivity contribution in [2.24, 2.45) is 0 Å². The van der Waals surface area contributed by atoms with Crippen molar-refractivity contribution in [3.8, 4) is 11.5 Å². The highest BCUT2D eigenvalue weighted by Gasteiger charge is 2.41. The van der Waals surface area contributed by atoms with E-state index in [9.17, 15) is 29.4 Å². The predicted molar refractivity (Wildman–Crippen MR) is 171 cm³/mol. The Bertz CT molecular complexity index is 1780. The molecule has 4 heterocycles. The number of hydrogen-bond acceptors (Lipinski definition) is 8. The summed E-state index contributed by atoms with van der Waals surface area (Å²) in [6.07, 6.45) is 4.36. The molecule has 0 aliphatic carbocycles. The van der Waals surface area contributed by atoms with Crippen LogP contribution in [0.15, 0.2) is 60.7 Å². The van der Waals surface area contributed by atoms with Crippen LogP contribution in [0.4, 0.5) is 11.4 Å². The summed E-state index contributed by atoms with van der Waals surface area (Å²) in [5.74, 6) is -2.05. The second-order valence-corrected chi connectivity index (χ2v) is 12.6. The van der Waals surface area contributed by atoms with Crippen LogP contribution in [-0.2, 0) is 13.1 Å². The van der Waals surface area contributed by atoms with E-state index in [1.165, 1.54) is 12.1 Å². The maximum atomic E-state index is 14.0. The average molecular weight is 617 g/mol. The standard InChI is InChI=1S/C36H32N4O6/c41-29-11-5-23(17-21(29)19-37-13-1-2-14-37)39-33(43)25-7-9-27-32-28(10-8-26(31(25)32)34(39)44)36(46)40(35(27)45)24-6-12-30(42)22(18-24)20-38-15-3-4-16-38/h5-12,17-18,41-42H,1-4,13-16,19-20H2. The van der Waals surface area contributed by atoms with Gasteiger partial charge in [0.2, 0.25) is 0 Å². The lowest BCUT2D eigenvalue weighted by Crippen LogP contribution is -2.43. The highest BCUT2D eigenvalue weighted by molar-refractivity contribution is 6.42. The number of carbonyl (C=O) groups excluding carboxylic acids is 4. The third kappa shape index (κ3) is 4.39. The molecule has 10 heteroatoms. The first-order chi connectivity index (χ1) is 22.3. The molecular weight excluding hydrogens is 584 g/mol. The van der Waals surface area contributed by atoms with Crippen molar-refractivity contribution in [1.29, 1.82) is 0 Å². The molecule has 4 aliphatic rings. The van der Waals surface area contributed by atoms with Gasteiger partial charge in [0.15, 0.2) is 0 Å². The lowest BCUT2D eigenvalue weighted by Gasteiger charge is -2.32. The Hall–Kier alpha value is -5.06. The lowest BCUT2D eigenvalue weighted by molar-refractivity contribution is 0.0873. The summed E-state index contributed by atoms with van der Waals surface area (Å²) in [6, 6.07) is 15.6. The van der Waals surface area contributed by atoms with Crippen LogP contribution in [0, 0.1) is 0 Å². The number of carbonyl (C=O) groups is 4. The zero-order chi connectivity index (χ0) is 31.7. The SMILES string of the molecule is O=C1c2ccc3c4c(ccc(c24)C(=O)N1c1ccc(O)c(CN2CCCC2)c1)C(=O)N(c1ccc(O)c(CN2CCCC2)c1)C3=O. The van der Waals surface area contributed by atoms with Gasteiger partial charge in [0.05, 0.1) is 11.4 Å². The van der Waals surface area contributed by atoms with Crippen LogP contribution in [0.25, 0.3) is 10.8 Å². The fourth-order valence-electron chi connectivity index (χ4n) is 7.38. The molecule has 4 aromatic carbocycles. The van der Waals surface area contributed by atoms with E-state index in [0.29, 0.717) is 46.4 Å². The number of benzene rings is 4. The molecule has 2 saturated heterocycles. The number of aromatic hydroxyl groups is 2. The minimum Gasteiger partial charge on any atom is -0.508 e. The number of amides is 4. The van der Waals surface area contributed by atoms with Gasteiger partial charge in [-0.2, -0.15) is 0 Å². The molecule has 0 aromatic heterocycles. The minimum absolute atomic E-state index is 0.102. The van der Waals surface area contributed by atoms with Crippen LogP contribution in [0.5, 0.6) is 11.5 Å². The second-order valence-electron chi connectivity index (χ2n) is 12.6. The van der Waals surface area contributed by atoms with Gasteiger partial charge in [-0.3, -0.25) is 29.0 Å². The molecule has 0 radical (unpaired) electrons. The molecule has 4 aliphatic heterocycles. The molecule has 8 rings (SSSR count). The molecule has 0 bridgehead atoms. The quantitative estimate of drug-likeness (QED) is 0.289. The van der Waals surface area contributed by atoms with E-state index in [4.69, 9.17) is 0 Å². The molecule has 4 aromatic rings. The summed E-state index contributed by atoms with van der Waals surface area (Å²) in [4.78, 5) is 62.5. The molecule has 232 valence electrons. The maximum Gasteiger partial charge on any atom is 0.265 e. The Labute approximate surface area is 265 Å². The Kier molecular flexibility index (Phi) is 6.66. The first kappa shape index (κ1) is 28.4. The highest BCUT2D eigenvalue weighted by atomic mass is 16.3. The van der Waals surface area contributed by atoms with Crippen molar-refractivity contribution in [3.63, 3.8) is 0 Å². The van der Waals surface area contributed by atoms with E-state index < -0.39 is 23.6 Å². The normalized spacial score (nSPS) is 18.4. The number of phenols is 2. The van der Waals surface area contributed by atoms with Crippen LogP contribution in [0.2, 0.25) is 0 Å². The Morgan fingerprint density at radius 3 is 1.13 bits per heavy atom. The van der Waals surface area contributed by atoms with E-state index in [2.05, 4.69) is 9.80 Å². The van der Waals surface area contributed by atoms with Gasteiger partial charge in [0.25, 0.3) is 23.6 Å². The fourth-order valence-corrected chi connectivity index (χ4v) is 7.38. The molecule has 2 fully saturated rings. The van der Waals surface area contributed by atoms with Crippen molar-refractivity contribution < 1.29 is 29.4 Å². The zero-order valence-corrected chi connectivity index (χ0v) is 25.2. The lowest BCUT2D eigenvalue weighted by atomic mass is 9.85. The van der Waals surface area contributed by atoms with E-state index in [-0.39, 0.29) is 33.8 Å². The van der Waals surface area contributed by atoms with Gasteiger partial charge >= 0.3 is 0 Å². The van der Waals surface area contributed by atoms with Gasteiger partial charge in [0.1, 0.15) is 11.5 Å². The number of rotatable bonds is 6. The Balaban J connectivity index is 1.17. The molecule has 46 heavy (non-hydrogen) atoms. The molecule has 0 unspecified atom stereocenters. The average Bonchev–Trinajstić information content (AvgIpc) is 3.77. The number of phenolic OH excluding ortho intramolecular Hbond substituents is 2. The third-order valence-electron chi connectivity index (χ3n) is 9.72. The summed E-state index contributed by atoms with van der Waals surface area (Å²) < 4.78 is 0. The fraction of sp³-hybridized carbons (Fsp3) is 0.278. The first-order valence-corrected chi connectivity index (χ1v) is 15.8. The van der Waals surface area contributed by atoms with Gasteiger partial charge in [-0.15, -0.1) is 0 Å². The van der Waals surface area contributed by atoms with Crippen molar-refractivity contribution in [1.82, 2.24) is 9.80 Å². The Morgan fingerprint density at radius 2 is 0.804 bits per heavy atom. The molecular formula is C36H32N4O6. The summed E-state index contributed by atoms with van der Waals surface area (Å²) in [6.45, 7) is 4.71. The number of imide groups is 2. The van der Waals surface area contributed by atoms with Crippen molar-refractivity contribution in [2.45, 2.75) is 38.8 Å². The first-order valence-electron chi connectivity index (χ1n) is 15.8. The van der Waals surface area contributed by atoms with Crippen LogP contribution in [0.3, 0.4) is 0 Å². The molecule has 2 N–H and O–H groups in total. The number of hydrogen-bond donors (Lipinski definition) is 2. The zero-order valence-electron chi connectivity index (χ0n) is 25.2. The molecule has 0 spiro atoms. The van der Waals surface area contributed by atoms with Crippen LogP contribution < -0.4 is 9.80 Å². The summed E-state index contributed by atoms with van der Waals surface area (Å²) in [5.41, 5.74) is 2.82. The van der Waals surface area contributed by atoms with Crippen LogP contribution in [-0.4, -0.2) is 69.8 Å². The molecule has 0 atom stereocenters. The number of likely N-dealkylation sites (tertiary alicyclic amines) is 2. The van der Waals surface area contributed by atoms with Crippen molar-refractivity contribution in [3.05, 3.63) is 94.0 Å². The van der Waals surface area contributed by atoms with Crippen molar-refractivity contribution >= 4 is 45.8 Å². The van der Waals surface area contributed by atoms with E-state index in [1.54, 1.807) is 48.5 Å². The smallest absolute Gasteiger partial charge is 0.265 e. The van der Waals surface area contributed by atoms with Crippen LogP contribution in [0.1, 0.15) is 78.2 Å². The largest absolute Gasteiger partial charge is 0.508 e. The van der Waals surface area contributed by atoms with Gasteiger partial charge in [0, 0.05) is 57.2 Å². The van der Waals surface area contributed by atoms with Gasteiger partial charge in [-0.25, -0.2) is 9.80 Å². The summed E-state index contributed by atoms with van der Waals surface area (Å²) in [7, 11) is 0. The Morgan fingerprint density at radius 1 is 0.478 bits per heavy atom. The van der Waals surface area contributed by atoms with Gasteiger partial charge in [-0.1, -0.05) is 0 Å². The van der Waals surface area contributed by atoms with Crippen LogP contribution >= 0.6 is 0 Å². The number of nitrogens with zero attached hydrogens (tertiary/aromatic N) is 4. The summed E-state index contributed by atoms with van der Waals surface area (Å²) in [5, 5.41) is 21.7. The topological polar surface area (TPSA) is 122 Å². The van der Waals surface area contributed by atoms with Crippen molar-refractivity contribution in [2.75, 3.05) is 36.0 Å².